The zero-order valence-electron chi connectivity index (χ0n) is 22.5. The summed E-state index contributed by atoms with van der Waals surface area (Å²) < 4.78 is 12.6. The van der Waals surface area contributed by atoms with Crippen LogP contribution in [-0.4, -0.2) is 29.6 Å². The van der Waals surface area contributed by atoms with Crippen molar-refractivity contribution < 1.29 is 24.2 Å². The maximum atomic E-state index is 13.2. The lowest BCUT2D eigenvalue weighted by atomic mass is 9.99. The Hall–Kier alpha value is -4.10. The zero-order valence-corrected chi connectivity index (χ0v) is 24.1. The molecule has 7 heteroatoms. The first-order chi connectivity index (χ1) is 19.3. The van der Waals surface area contributed by atoms with Crippen molar-refractivity contribution in [3.63, 3.8) is 0 Å². The predicted octanol–water partition coefficient (Wildman–Crippen LogP) is 7.76. The second-order valence-corrected chi connectivity index (χ2v) is 10.8. The van der Waals surface area contributed by atoms with Gasteiger partial charge in [-0.3, -0.25) is 4.79 Å². The van der Waals surface area contributed by atoms with Crippen LogP contribution < -0.4 is 14.8 Å². The number of hydrogen-bond donors (Lipinski definition) is 2. The van der Waals surface area contributed by atoms with Crippen LogP contribution in [0, 0.1) is 5.92 Å². The molecule has 1 atom stereocenters. The van der Waals surface area contributed by atoms with Crippen LogP contribution in [0.15, 0.2) is 102 Å². The van der Waals surface area contributed by atoms with E-state index in [0.717, 1.165) is 34.6 Å². The van der Waals surface area contributed by atoms with E-state index in [1.165, 1.54) is 0 Å². The van der Waals surface area contributed by atoms with Crippen molar-refractivity contribution >= 4 is 27.8 Å². The van der Waals surface area contributed by atoms with E-state index in [0.29, 0.717) is 22.7 Å². The smallest absolute Gasteiger partial charge is 0.326 e. The number of benzene rings is 4. The number of carbonyl (C=O) groups excluding carboxylic acids is 1. The molecule has 0 aliphatic carbocycles. The lowest BCUT2D eigenvalue weighted by molar-refractivity contribution is -0.139. The number of rotatable bonds is 12. The molecular weight excluding hydrogens is 570 g/mol. The van der Waals surface area contributed by atoms with Crippen molar-refractivity contribution in [3.8, 4) is 28.4 Å². The normalized spacial score (nSPS) is 11.6. The molecule has 2 N–H and O–H groups in total. The summed E-state index contributed by atoms with van der Waals surface area (Å²) in [6.45, 7) is 4.66. The van der Waals surface area contributed by atoms with E-state index in [1.54, 1.807) is 18.2 Å². The van der Waals surface area contributed by atoms with Gasteiger partial charge in [0.2, 0.25) is 0 Å². The van der Waals surface area contributed by atoms with Crippen LogP contribution in [0.1, 0.15) is 36.2 Å². The van der Waals surface area contributed by atoms with Gasteiger partial charge in [-0.2, -0.15) is 0 Å². The predicted molar refractivity (Wildman–Crippen MR) is 160 cm³/mol. The summed E-state index contributed by atoms with van der Waals surface area (Å²) in [6, 6.07) is 29.0. The van der Waals surface area contributed by atoms with Gasteiger partial charge in [0.25, 0.3) is 5.91 Å². The second-order valence-electron chi connectivity index (χ2n) is 9.85. The highest BCUT2D eigenvalue weighted by molar-refractivity contribution is 9.10. The Labute approximate surface area is 243 Å². The summed E-state index contributed by atoms with van der Waals surface area (Å²) in [6.07, 6.45) is 0.967. The van der Waals surface area contributed by atoms with Crippen LogP contribution in [0.3, 0.4) is 0 Å². The molecule has 1 amide bonds. The van der Waals surface area contributed by atoms with E-state index in [-0.39, 0.29) is 12.0 Å². The van der Waals surface area contributed by atoms with Gasteiger partial charge < -0.3 is 19.9 Å². The number of carbonyl (C=O) groups is 2. The molecule has 0 heterocycles. The molecule has 0 fully saturated rings. The van der Waals surface area contributed by atoms with E-state index in [1.807, 2.05) is 78.9 Å². The van der Waals surface area contributed by atoms with Gasteiger partial charge in [0, 0.05) is 16.5 Å². The second kappa shape index (κ2) is 13.8. The first-order valence-corrected chi connectivity index (χ1v) is 14.0. The largest absolute Gasteiger partial charge is 0.493 e. The van der Waals surface area contributed by atoms with Gasteiger partial charge in [0.15, 0.2) is 0 Å². The number of carboxylic acid groups (broad SMARTS) is 1. The number of aliphatic carboxylic acids is 1. The molecule has 0 radical (unpaired) electrons. The average Bonchev–Trinajstić information content (AvgIpc) is 2.94. The number of halogens is 1. The molecule has 0 aliphatic heterocycles. The fraction of sp³-hybridized carbons (Fsp3) is 0.212. The summed E-state index contributed by atoms with van der Waals surface area (Å²) in [5.74, 6) is 0.725. The van der Waals surface area contributed by atoms with E-state index < -0.39 is 17.9 Å². The number of carboxylic acids is 1. The van der Waals surface area contributed by atoms with Crippen molar-refractivity contribution in [2.45, 2.75) is 32.7 Å². The molecule has 0 aromatic heterocycles. The lowest BCUT2D eigenvalue weighted by Crippen LogP contribution is -2.42. The molecule has 6 nitrogen and oxygen atoms in total. The molecule has 0 aliphatic rings. The maximum absolute atomic E-state index is 13.2. The third-order valence-corrected chi connectivity index (χ3v) is 6.80. The first kappa shape index (κ1) is 28.9. The molecule has 4 rings (SSSR count). The SMILES string of the molecule is CC(C)CCOc1ccc(Br)cc1C(=O)N[C@@H](Cc1ccc(-c2ccccc2Oc2ccccc2)cc1)C(=O)O. The fourth-order valence-corrected chi connectivity index (χ4v) is 4.47. The average molecular weight is 603 g/mol. The molecule has 0 bridgehead atoms. The van der Waals surface area contributed by atoms with E-state index >= 15 is 0 Å². The third kappa shape index (κ3) is 7.96. The van der Waals surface area contributed by atoms with Gasteiger partial charge in [-0.1, -0.05) is 90.4 Å². The molecule has 4 aromatic rings. The summed E-state index contributed by atoms with van der Waals surface area (Å²) >= 11 is 3.39. The van der Waals surface area contributed by atoms with Gasteiger partial charge in [0.05, 0.1) is 12.2 Å². The van der Waals surface area contributed by atoms with Crippen molar-refractivity contribution in [1.29, 1.82) is 0 Å². The molecule has 0 saturated heterocycles. The molecule has 0 unspecified atom stereocenters. The highest BCUT2D eigenvalue weighted by Gasteiger charge is 2.23. The van der Waals surface area contributed by atoms with Gasteiger partial charge in [-0.15, -0.1) is 0 Å². The van der Waals surface area contributed by atoms with Crippen LogP contribution in [0.5, 0.6) is 17.2 Å². The molecule has 0 spiro atoms. The quantitative estimate of drug-likeness (QED) is 0.173. The minimum Gasteiger partial charge on any atom is -0.493 e. The number of ether oxygens (including phenoxy) is 2. The molecule has 0 saturated carbocycles. The number of hydrogen-bond acceptors (Lipinski definition) is 4. The highest BCUT2D eigenvalue weighted by Crippen LogP contribution is 2.33. The lowest BCUT2D eigenvalue weighted by Gasteiger charge is -2.17. The summed E-state index contributed by atoms with van der Waals surface area (Å²) in [4.78, 5) is 25.3. The van der Waals surface area contributed by atoms with Crippen molar-refractivity contribution in [1.82, 2.24) is 5.32 Å². The number of amides is 1. The fourth-order valence-electron chi connectivity index (χ4n) is 4.11. The number of nitrogens with one attached hydrogen (secondary N) is 1. The van der Waals surface area contributed by atoms with Crippen LogP contribution in [-0.2, 0) is 11.2 Å². The Bertz CT molecular complexity index is 1440. The van der Waals surface area contributed by atoms with Crippen LogP contribution in [0.2, 0.25) is 0 Å². The summed E-state index contributed by atoms with van der Waals surface area (Å²) in [5.41, 5.74) is 2.92. The minimum atomic E-state index is -1.12. The van der Waals surface area contributed by atoms with Crippen LogP contribution >= 0.6 is 15.9 Å². The summed E-state index contributed by atoms with van der Waals surface area (Å²) in [5, 5.41) is 12.6. The minimum absolute atomic E-state index is 0.126. The number of para-hydroxylation sites is 2. The Kier molecular flexibility index (Phi) is 9.97. The van der Waals surface area contributed by atoms with Crippen molar-refractivity contribution in [2.75, 3.05) is 6.61 Å². The van der Waals surface area contributed by atoms with E-state index in [4.69, 9.17) is 9.47 Å². The van der Waals surface area contributed by atoms with Gasteiger partial charge in [0.1, 0.15) is 23.3 Å². The molecule has 206 valence electrons. The van der Waals surface area contributed by atoms with Crippen molar-refractivity contribution in [2.24, 2.45) is 5.92 Å². The molecular formula is C33H32BrNO5. The van der Waals surface area contributed by atoms with Crippen molar-refractivity contribution in [3.05, 3.63) is 113 Å². The summed E-state index contributed by atoms with van der Waals surface area (Å²) in [7, 11) is 0. The molecule has 40 heavy (non-hydrogen) atoms. The Morgan fingerprint density at radius 2 is 1.57 bits per heavy atom. The Balaban J connectivity index is 1.47. The molecule has 4 aromatic carbocycles. The van der Waals surface area contributed by atoms with Gasteiger partial charge in [-0.25, -0.2) is 4.79 Å². The van der Waals surface area contributed by atoms with E-state index in [9.17, 15) is 14.7 Å². The third-order valence-electron chi connectivity index (χ3n) is 6.31. The van der Waals surface area contributed by atoms with E-state index in [2.05, 4.69) is 35.1 Å². The van der Waals surface area contributed by atoms with Gasteiger partial charge in [-0.05, 0) is 59.9 Å². The topological polar surface area (TPSA) is 84.9 Å². The Morgan fingerprint density at radius 3 is 2.27 bits per heavy atom. The first-order valence-electron chi connectivity index (χ1n) is 13.2. The monoisotopic (exact) mass is 601 g/mol. The standard InChI is InChI=1S/C33H32BrNO5/c1-22(2)18-19-39-30-17-16-25(34)21-28(30)32(36)35-29(33(37)38)20-23-12-14-24(15-13-23)27-10-6-7-11-31(27)40-26-8-4-3-5-9-26/h3-17,21-22,29H,18-20H2,1-2H3,(H,35,36)(H,37,38)/t29-/m0/s1. The maximum Gasteiger partial charge on any atom is 0.326 e. The van der Waals surface area contributed by atoms with Gasteiger partial charge >= 0.3 is 5.97 Å². The zero-order chi connectivity index (χ0) is 28.5. The Morgan fingerprint density at radius 1 is 0.875 bits per heavy atom. The van der Waals surface area contributed by atoms with Crippen LogP contribution in [0.4, 0.5) is 0 Å². The van der Waals surface area contributed by atoms with Crippen LogP contribution in [0.25, 0.3) is 11.1 Å². The highest BCUT2D eigenvalue weighted by atomic mass is 79.9.